The van der Waals surface area contributed by atoms with Gasteiger partial charge in [-0.2, -0.15) is 0 Å². The van der Waals surface area contributed by atoms with E-state index in [9.17, 15) is 0 Å². The number of nitrogens with one attached hydrogen (secondary N) is 1. The summed E-state index contributed by atoms with van der Waals surface area (Å²) in [6.07, 6.45) is 0.971. The van der Waals surface area contributed by atoms with Crippen LogP contribution in [-0.2, 0) is 6.42 Å². The molecule has 1 aliphatic carbocycles. The Balaban J connectivity index is 2.04. The zero-order valence-electron chi connectivity index (χ0n) is 13.7. The van der Waals surface area contributed by atoms with Crippen LogP contribution in [-0.4, -0.2) is 13.2 Å². The van der Waals surface area contributed by atoms with Crippen molar-refractivity contribution in [3.05, 3.63) is 28.3 Å². The van der Waals surface area contributed by atoms with Crippen molar-refractivity contribution in [2.75, 3.05) is 13.2 Å². The van der Waals surface area contributed by atoms with Gasteiger partial charge in [0, 0.05) is 23.0 Å². The minimum absolute atomic E-state index is 0.311. The highest BCUT2D eigenvalue weighted by Crippen LogP contribution is 2.72. The Hall–Kier alpha value is -0.730. The summed E-state index contributed by atoms with van der Waals surface area (Å²) in [5, 5.41) is 4.52. The first-order chi connectivity index (χ1) is 9.80. The normalized spacial score (nSPS) is 23.5. The number of ether oxygens (including phenoxy) is 1. The molecule has 1 saturated carbocycles. The van der Waals surface area contributed by atoms with Crippen LogP contribution in [0.2, 0.25) is 5.02 Å². The van der Waals surface area contributed by atoms with E-state index in [1.54, 1.807) is 0 Å². The fourth-order valence-corrected chi connectivity index (χ4v) is 4.49. The number of fused-ring (bicyclic) bond motifs is 1. The number of halogens is 1. The summed E-state index contributed by atoms with van der Waals surface area (Å²) in [6.45, 7) is 13.4. The van der Waals surface area contributed by atoms with Crippen LogP contribution in [0.3, 0.4) is 0 Å². The van der Waals surface area contributed by atoms with Crippen LogP contribution in [0.1, 0.15) is 51.8 Å². The largest absolute Gasteiger partial charge is 0.493 e. The average Bonchev–Trinajstić information content (AvgIpc) is 2.75. The van der Waals surface area contributed by atoms with Gasteiger partial charge < -0.3 is 10.1 Å². The molecular formula is C18H26ClNO. The molecule has 0 aromatic heterocycles. The lowest BCUT2D eigenvalue weighted by molar-refractivity contribution is 0.339. The van der Waals surface area contributed by atoms with Gasteiger partial charge in [0.25, 0.3) is 0 Å². The van der Waals surface area contributed by atoms with Crippen molar-refractivity contribution in [3.8, 4) is 5.75 Å². The van der Waals surface area contributed by atoms with Crippen LogP contribution in [0.4, 0.5) is 0 Å². The van der Waals surface area contributed by atoms with Gasteiger partial charge in [0.2, 0.25) is 0 Å². The van der Waals surface area contributed by atoms with Gasteiger partial charge in [0.15, 0.2) is 0 Å². The first-order valence-corrected chi connectivity index (χ1v) is 8.37. The fraction of sp³-hybridized carbons (Fsp3) is 0.667. The van der Waals surface area contributed by atoms with Crippen molar-refractivity contribution in [1.82, 2.24) is 5.32 Å². The Kier molecular flexibility index (Phi) is 3.53. The Labute approximate surface area is 133 Å². The van der Waals surface area contributed by atoms with E-state index in [0.717, 1.165) is 30.3 Å². The molecule has 1 N–H and O–H groups in total. The smallest absolute Gasteiger partial charge is 0.127 e. The molecule has 0 radical (unpaired) electrons. The number of rotatable bonds is 4. The molecule has 1 aromatic carbocycles. The zero-order valence-corrected chi connectivity index (χ0v) is 14.5. The lowest BCUT2D eigenvalue weighted by Gasteiger charge is -2.23. The molecule has 0 amide bonds. The molecule has 21 heavy (non-hydrogen) atoms. The topological polar surface area (TPSA) is 21.3 Å². The summed E-state index contributed by atoms with van der Waals surface area (Å²) in [7, 11) is 0. The van der Waals surface area contributed by atoms with Crippen LogP contribution in [0, 0.1) is 16.7 Å². The molecule has 0 saturated heterocycles. The third-order valence-corrected chi connectivity index (χ3v) is 6.22. The molecule has 1 fully saturated rings. The Morgan fingerprint density at radius 2 is 1.95 bits per heavy atom. The second kappa shape index (κ2) is 4.89. The van der Waals surface area contributed by atoms with Gasteiger partial charge in [0.1, 0.15) is 5.75 Å². The maximum absolute atomic E-state index is 6.36. The molecule has 2 aliphatic rings. The molecule has 1 unspecified atom stereocenters. The van der Waals surface area contributed by atoms with Gasteiger partial charge in [-0.15, -0.1) is 0 Å². The van der Waals surface area contributed by atoms with Crippen molar-refractivity contribution in [2.24, 2.45) is 16.7 Å². The van der Waals surface area contributed by atoms with E-state index < -0.39 is 0 Å². The van der Waals surface area contributed by atoms with E-state index in [2.05, 4.69) is 52.1 Å². The van der Waals surface area contributed by atoms with E-state index in [4.69, 9.17) is 16.3 Å². The number of hydrogen-bond donors (Lipinski definition) is 1. The second-order valence-corrected chi connectivity index (χ2v) is 7.97. The molecule has 3 rings (SSSR count). The lowest BCUT2D eigenvalue weighted by atomic mass is 9.94. The Morgan fingerprint density at radius 1 is 1.29 bits per heavy atom. The molecule has 1 atom stereocenters. The molecule has 116 valence electrons. The maximum Gasteiger partial charge on any atom is 0.127 e. The molecule has 1 aromatic rings. The van der Waals surface area contributed by atoms with E-state index >= 15 is 0 Å². The first-order valence-electron chi connectivity index (χ1n) is 7.99. The van der Waals surface area contributed by atoms with Gasteiger partial charge in [-0.3, -0.25) is 0 Å². The highest BCUT2D eigenvalue weighted by molar-refractivity contribution is 6.30. The maximum atomic E-state index is 6.36. The average molecular weight is 308 g/mol. The standard InChI is InChI=1S/C18H26ClNO/c1-6-20-14(16-17(2,3)18(16,4)5)13-10-12(19)9-11-7-8-21-15(11)13/h9-10,14,16,20H,6-8H2,1-5H3. The van der Waals surface area contributed by atoms with Gasteiger partial charge in [-0.05, 0) is 41.0 Å². The van der Waals surface area contributed by atoms with Crippen LogP contribution in [0.25, 0.3) is 0 Å². The highest BCUT2D eigenvalue weighted by atomic mass is 35.5. The van der Waals surface area contributed by atoms with Crippen molar-refractivity contribution in [1.29, 1.82) is 0 Å². The second-order valence-electron chi connectivity index (χ2n) is 7.54. The molecule has 0 spiro atoms. The van der Waals surface area contributed by atoms with Gasteiger partial charge in [-0.1, -0.05) is 46.2 Å². The van der Waals surface area contributed by atoms with Crippen molar-refractivity contribution >= 4 is 11.6 Å². The summed E-state index contributed by atoms with van der Waals surface area (Å²) in [5.41, 5.74) is 3.17. The third kappa shape index (κ3) is 2.19. The summed E-state index contributed by atoms with van der Waals surface area (Å²) < 4.78 is 5.93. The predicted octanol–water partition coefficient (Wildman–Crippen LogP) is 4.61. The van der Waals surface area contributed by atoms with Gasteiger partial charge in [0.05, 0.1) is 6.61 Å². The molecular weight excluding hydrogens is 282 g/mol. The fourth-order valence-electron chi connectivity index (χ4n) is 4.24. The minimum atomic E-state index is 0.311. The van der Waals surface area contributed by atoms with E-state index in [-0.39, 0.29) is 0 Å². The third-order valence-electron chi connectivity index (χ3n) is 6.00. The Bertz CT molecular complexity index is 551. The number of hydrogen-bond acceptors (Lipinski definition) is 2. The van der Waals surface area contributed by atoms with E-state index in [1.807, 2.05) is 0 Å². The molecule has 0 bridgehead atoms. The van der Waals surface area contributed by atoms with E-state index in [0.29, 0.717) is 22.8 Å². The van der Waals surface area contributed by atoms with Crippen molar-refractivity contribution < 1.29 is 4.74 Å². The molecule has 2 nitrogen and oxygen atoms in total. The van der Waals surface area contributed by atoms with Gasteiger partial charge >= 0.3 is 0 Å². The number of benzene rings is 1. The van der Waals surface area contributed by atoms with Crippen LogP contribution >= 0.6 is 11.6 Å². The molecule has 3 heteroatoms. The zero-order chi connectivity index (χ0) is 15.4. The predicted molar refractivity (Wildman–Crippen MR) is 88.1 cm³/mol. The highest BCUT2D eigenvalue weighted by Gasteiger charge is 2.67. The van der Waals surface area contributed by atoms with Crippen LogP contribution < -0.4 is 10.1 Å². The molecule has 1 heterocycles. The lowest BCUT2D eigenvalue weighted by Crippen LogP contribution is -2.25. The summed E-state index contributed by atoms with van der Waals surface area (Å²) in [4.78, 5) is 0. The Morgan fingerprint density at radius 3 is 2.52 bits per heavy atom. The SMILES string of the molecule is CCNC(c1cc(Cl)cc2c1OCC2)C1C(C)(C)C1(C)C. The quantitative estimate of drug-likeness (QED) is 0.877. The van der Waals surface area contributed by atoms with Crippen molar-refractivity contribution in [2.45, 2.75) is 47.1 Å². The van der Waals surface area contributed by atoms with Crippen LogP contribution in [0.5, 0.6) is 5.75 Å². The first kappa shape index (κ1) is 15.2. The van der Waals surface area contributed by atoms with Gasteiger partial charge in [-0.25, -0.2) is 0 Å². The summed E-state index contributed by atoms with van der Waals surface area (Å²) in [6, 6.07) is 4.47. The summed E-state index contributed by atoms with van der Waals surface area (Å²) in [5.74, 6) is 1.67. The minimum Gasteiger partial charge on any atom is -0.493 e. The van der Waals surface area contributed by atoms with E-state index in [1.165, 1.54) is 11.1 Å². The molecule has 1 aliphatic heterocycles. The monoisotopic (exact) mass is 307 g/mol. The van der Waals surface area contributed by atoms with Crippen molar-refractivity contribution in [3.63, 3.8) is 0 Å². The van der Waals surface area contributed by atoms with Crippen LogP contribution in [0.15, 0.2) is 12.1 Å². The summed E-state index contributed by atoms with van der Waals surface area (Å²) >= 11 is 6.36.